The SMILES string of the molecule is CCOc1ccc(OCc2ccc(C(=O)NN=C(C)c3ccco3)cc2)cc1. The molecule has 0 unspecified atom stereocenters. The first-order valence-electron chi connectivity index (χ1n) is 8.99. The van der Waals surface area contributed by atoms with Gasteiger partial charge in [-0.25, -0.2) is 5.43 Å². The van der Waals surface area contributed by atoms with Crippen LogP contribution < -0.4 is 14.9 Å². The predicted octanol–water partition coefficient (Wildman–Crippen LogP) is 4.41. The summed E-state index contributed by atoms with van der Waals surface area (Å²) < 4.78 is 16.4. The van der Waals surface area contributed by atoms with Crippen molar-refractivity contribution in [3.63, 3.8) is 0 Å². The minimum Gasteiger partial charge on any atom is -0.494 e. The van der Waals surface area contributed by atoms with Crippen LogP contribution in [0.4, 0.5) is 0 Å². The highest BCUT2D eigenvalue weighted by atomic mass is 16.5. The average Bonchev–Trinajstić information content (AvgIpc) is 3.27. The summed E-state index contributed by atoms with van der Waals surface area (Å²) in [5.74, 6) is 1.90. The Morgan fingerprint density at radius 3 is 2.29 bits per heavy atom. The summed E-state index contributed by atoms with van der Waals surface area (Å²) >= 11 is 0. The van der Waals surface area contributed by atoms with E-state index in [0.717, 1.165) is 17.1 Å². The zero-order chi connectivity index (χ0) is 19.8. The summed E-state index contributed by atoms with van der Waals surface area (Å²) in [7, 11) is 0. The van der Waals surface area contributed by atoms with Crippen LogP contribution in [-0.4, -0.2) is 18.2 Å². The molecule has 3 aromatic rings. The fourth-order valence-electron chi connectivity index (χ4n) is 2.46. The Balaban J connectivity index is 1.52. The number of nitrogens with one attached hydrogen (secondary N) is 1. The molecule has 0 radical (unpaired) electrons. The van der Waals surface area contributed by atoms with Gasteiger partial charge in [-0.15, -0.1) is 0 Å². The Bertz CT molecular complexity index is 914. The summed E-state index contributed by atoms with van der Waals surface area (Å²) in [6.07, 6.45) is 1.56. The average molecular weight is 378 g/mol. The molecule has 0 saturated carbocycles. The Morgan fingerprint density at radius 2 is 1.68 bits per heavy atom. The molecule has 0 aliphatic carbocycles. The van der Waals surface area contributed by atoms with Crippen molar-refractivity contribution >= 4 is 11.6 Å². The van der Waals surface area contributed by atoms with Crippen LogP contribution in [0.1, 0.15) is 35.5 Å². The molecule has 0 atom stereocenters. The maximum absolute atomic E-state index is 12.2. The Morgan fingerprint density at radius 1 is 1.00 bits per heavy atom. The lowest BCUT2D eigenvalue weighted by Crippen LogP contribution is -2.19. The van der Waals surface area contributed by atoms with Crippen LogP contribution in [0.5, 0.6) is 11.5 Å². The lowest BCUT2D eigenvalue weighted by Gasteiger charge is -2.08. The van der Waals surface area contributed by atoms with Gasteiger partial charge >= 0.3 is 0 Å². The quantitative estimate of drug-likeness (QED) is 0.465. The van der Waals surface area contributed by atoms with Crippen LogP contribution in [0.15, 0.2) is 76.4 Å². The molecule has 2 aromatic carbocycles. The van der Waals surface area contributed by atoms with Crippen molar-refractivity contribution in [1.29, 1.82) is 0 Å². The van der Waals surface area contributed by atoms with E-state index in [1.54, 1.807) is 37.5 Å². The number of carbonyl (C=O) groups is 1. The Labute approximate surface area is 163 Å². The Hall–Kier alpha value is -3.54. The van der Waals surface area contributed by atoms with E-state index in [9.17, 15) is 4.79 Å². The molecule has 0 saturated heterocycles. The zero-order valence-corrected chi connectivity index (χ0v) is 15.8. The summed E-state index contributed by atoms with van der Waals surface area (Å²) in [5.41, 5.74) is 4.60. The van der Waals surface area contributed by atoms with Gasteiger partial charge in [-0.1, -0.05) is 12.1 Å². The second kappa shape index (κ2) is 9.41. The van der Waals surface area contributed by atoms with E-state index in [1.807, 2.05) is 43.3 Å². The van der Waals surface area contributed by atoms with Crippen LogP contribution in [0.2, 0.25) is 0 Å². The minimum atomic E-state index is -0.287. The molecule has 0 aliphatic heterocycles. The molecule has 3 rings (SSSR count). The van der Waals surface area contributed by atoms with Crippen molar-refractivity contribution in [3.8, 4) is 11.5 Å². The standard InChI is InChI=1S/C22H22N2O4/c1-3-26-19-10-12-20(13-11-19)28-15-17-6-8-18(9-7-17)22(25)24-23-16(2)21-5-4-14-27-21/h4-14H,3,15H2,1-2H3,(H,24,25). The van der Waals surface area contributed by atoms with E-state index in [2.05, 4.69) is 10.5 Å². The molecule has 6 nitrogen and oxygen atoms in total. The van der Waals surface area contributed by atoms with Gasteiger partial charge in [0.05, 0.1) is 12.9 Å². The molecule has 0 bridgehead atoms. The van der Waals surface area contributed by atoms with Gasteiger partial charge in [0.25, 0.3) is 5.91 Å². The first kappa shape index (κ1) is 19.2. The minimum absolute atomic E-state index is 0.287. The molecule has 144 valence electrons. The Kier molecular flexibility index (Phi) is 6.46. The number of nitrogens with zero attached hydrogens (tertiary/aromatic N) is 1. The highest BCUT2D eigenvalue weighted by molar-refractivity contribution is 5.99. The third-order valence-electron chi connectivity index (χ3n) is 3.96. The van der Waals surface area contributed by atoms with Crippen LogP contribution in [0.3, 0.4) is 0 Å². The monoisotopic (exact) mass is 378 g/mol. The molecule has 0 fully saturated rings. The van der Waals surface area contributed by atoms with E-state index in [0.29, 0.717) is 30.2 Å². The number of hydrazone groups is 1. The second-order valence-corrected chi connectivity index (χ2v) is 6.01. The van der Waals surface area contributed by atoms with Gasteiger partial charge in [-0.3, -0.25) is 4.79 Å². The molecule has 28 heavy (non-hydrogen) atoms. The molecule has 1 N–H and O–H groups in total. The third-order valence-corrected chi connectivity index (χ3v) is 3.96. The smallest absolute Gasteiger partial charge is 0.271 e. The van der Waals surface area contributed by atoms with Crippen LogP contribution in [-0.2, 0) is 6.61 Å². The fourth-order valence-corrected chi connectivity index (χ4v) is 2.46. The predicted molar refractivity (Wildman–Crippen MR) is 107 cm³/mol. The van der Waals surface area contributed by atoms with E-state index in [1.165, 1.54) is 0 Å². The van der Waals surface area contributed by atoms with Crippen molar-refractivity contribution < 1.29 is 18.7 Å². The molecule has 0 aliphatic rings. The van der Waals surface area contributed by atoms with E-state index < -0.39 is 0 Å². The molecular weight excluding hydrogens is 356 g/mol. The fraction of sp³-hybridized carbons (Fsp3) is 0.182. The highest BCUT2D eigenvalue weighted by Gasteiger charge is 2.06. The molecular formula is C22H22N2O4. The number of amides is 1. The third kappa shape index (κ3) is 5.23. The maximum Gasteiger partial charge on any atom is 0.271 e. The number of ether oxygens (including phenoxy) is 2. The lowest BCUT2D eigenvalue weighted by molar-refractivity contribution is 0.0954. The zero-order valence-electron chi connectivity index (χ0n) is 15.8. The van der Waals surface area contributed by atoms with Gasteiger partial charge in [0.15, 0.2) is 0 Å². The normalized spacial score (nSPS) is 11.1. The van der Waals surface area contributed by atoms with Crippen LogP contribution >= 0.6 is 0 Å². The van der Waals surface area contributed by atoms with Crippen molar-refractivity contribution in [2.24, 2.45) is 5.10 Å². The van der Waals surface area contributed by atoms with Gasteiger partial charge < -0.3 is 13.9 Å². The van der Waals surface area contributed by atoms with Crippen molar-refractivity contribution in [3.05, 3.63) is 83.8 Å². The van der Waals surface area contributed by atoms with Crippen molar-refractivity contribution in [2.75, 3.05) is 6.61 Å². The van der Waals surface area contributed by atoms with E-state index >= 15 is 0 Å². The summed E-state index contributed by atoms with van der Waals surface area (Å²) in [6.45, 7) is 4.75. The summed E-state index contributed by atoms with van der Waals surface area (Å²) in [5, 5.41) is 4.05. The maximum atomic E-state index is 12.2. The van der Waals surface area contributed by atoms with Crippen molar-refractivity contribution in [1.82, 2.24) is 5.43 Å². The molecule has 1 amide bonds. The summed E-state index contributed by atoms with van der Waals surface area (Å²) in [4.78, 5) is 12.2. The molecule has 6 heteroatoms. The van der Waals surface area contributed by atoms with Gasteiger partial charge in [0, 0.05) is 5.56 Å². The van der Waals surface area contributed by atoms with E-state index in [-0.39, 0.29) is 5.91 Å². The topological polar surface area (TPSA) is 73.1 Å². The van der Waals surface area contributed by atoms with Crippen LogP contribution in [0.25, 0.3) is 0 Å². The first-order valence-corrected chi connectivity index (χ1v) is 8.99. The number of carbonyl (C=O) groups excluding carboxylic acids is 1. The largest absolute Gasteiger partial charge is 0.494 e. The highest BCUT2D eigenvalue weighted by Crippen LogP contribution is 2.18. The number of hydrogen-bond acceptors (Lipinski definition) is 5. The van der Waals surface area contributed by atoms with E-state index in [4.69, 9.17) is 13.9 Å². The van der Waals surface area contributed by atoms with Crippen LogP contribution in [0, 0.1) is 0 Å². The lowest BCUT2D eigenvalue weighted by atomic mass is 10.1. The van der Waals surface area contributed by atoms with Gasteiger partial charge in [-0.05, 0) is 67.9 Å². The molecule has 1 aromatic heterocycles. The first-order chi connectivity index (χ1) is 13.7. The van der Waals surface area contributed by atoms with Gasteiger partial charge in [0.1, 0.15) is 29.6 Å². The molecule has 0 spiro atoms. The number of benzene rings is 2. The van der Waals surface area contributed by atoms with Gasteiger partial charge in [0.2, 0.25) is 0 Å². The second-order valence-electron chi connectivity index (χ2n) is 6.01. The van der Waals surface area contributed by atoms with Crippen molar-refractivity contribution in [2.45, 2.75) is 20.5 Å². The van der Waals surface area contributed by atoms with Gasteiger partial charge in [-0.2, -0.15) is 5.10 Å². The number of hydrogen-bond donors (Lipinski definition) is 1. The number of furan rings is 1. The number of rotatable bonds is 8. The molecule has 1 heterocycles. The summed E-state index contributed by atoms with van der Waals surface area (Å²) in [6, 6.07) is 18.2.